The Morgan fingerprint density at radius 2 is 1.55 bits per heavy atom. The number of ether oxygens (including phenoxy) is 1. The molecule has 2 heterocycles. The van der Waals surface area contributed by atoms with Crippen molar-refractivity contribution in [3.05, 3.63) is 83.2 Å². The van der Waals surface area contributed by atoms with E-state index in [1.807, 2.05) is 6.07 Å². The molecule has 146 valence electrons. The number of nitrogens with zero attached hydrogens (tertiary/aromatic N) is 1. The predicted octanol–water partition coefficient (Wildman–Crippen LogP) is 1.50. The summed E-state index contributed by atoms with van der Waals surface area (Å²) in [6, 6.07) is 16.4. The molecule has 7 nitrogen and oxygen atoms in total. The molecule has 0 bridgehead atoms. The van der Waals surface area contributed by atoms with Crippen LogP contribution in [0.15, 0.2) is 60.7 Å². The van der Waals surface area contributed by atoms with E-state index in [-0.39, 0.29) is 6.61 Å². The van der Waals surface area contributed by atoms with Crippen molar-refractivity contribution in [3.63, 3.8) is 0 Å². The quantitative estimate of drug-likeness (QED) is 0.471. The summed E-state index contributed by atoms with van der Waals surface area (Å²) in [6.07, 6.45) is 0. The number of carbonyl (C=O) groups excluding carboxylic acids is 3. The fourth-order valence-electron chi connectivity index (χ4n) is 4.75. The van der Waals surface area contributed by atoms with E-state index in [2.05, 4.69) is 15.5 Å². The normalized spacial score (nSPS) is 30.1. The van der Waals surface area contributed by atoms with Gasteiger partial charge in [-0.05, 0) is 18.1 Å². The summed E-state index contributed by atoms with van der Waals surface area (Å²) in [6.45, 7) is 9.50. The number of hydrogen-bond donors (Lipinski definition) is 2. The van der Waals surface area contributed by atoms with Gasteiger partial charge in [-0.1, -0.05) is 60.7 Å². The summed E-state index contributed by atoms with van der Waals surface area (Å²) in [5.41, 5.74) is -1.82. The third-order valence-electron chi connectivity index (χ3n) is 5.75. The topological polar surface area (TPSA) is 88.9 Å². The molecule has 4 rings (SSSR count). The molecule has 0 saturated carbocycles. The van der Waals surface area contributed by atoms with Gasteiger partial charge in [-0.2, -0.15) is 0 Å². The van der Waals surface area contributed by atoms with Crippen molar-refractivity contribution >= 4 is 17.8 Å². The number of hydrogen-bond acceptors (Lipinski definition) is 4. The Morgan fingerprint density at radius 3 is 2.10 bits per heavy atom. The molecular weight excluding hydrogens is 370 g/mol. The SMILES string of the molecule is [C-]#[N+]C1C(=O)N[C@@]2(c3ccccc3)NC(=O)C(C(=O)OCC)[C@@]12c1ccccc1. The number of nitrogens with one attached hydrogen (secondary N) is 2. The molecule has 29 heavy (non-hydrogen) atoms. The van der Waals surface area contributed by atoms with E-state index in [9.17, 15) is 14.4 Å². The second-order valence-corrected chi connectivity index (χ2v) is 7.05. The maximum Gasteiger partial charge on any atom is 0.319 e. The Hall–Kier alpha value is -3.66. The molecule has 0 aliphatic carbocycles. The summed E-state index contributed by atoms with van der Waals surface area (Å²) in [7, 11) is 0. The second kappa shape index (κ2) is 6.74. The molecule has 2 aliphatic rings. The van der Waals surface area contributed by atoms with E-state index < -0.39 is 40.8 Å². The smallest absolute Gasteiger partial charge is 0.319 e. The van der Waals surface area contributed by atoms with Crippen molar-refractivity contribution in [1.82, 2.24) is 10.6 Å². The van der Waals surface area contributed by atoms with Crippen molar-refractivity contribution in [2.24, 2.45) is 5.92 Å². The predicted molar refractivity (Wildman–Crippen MR) is 103 cm³/mol. The molecule has 0 radical (unpaired) electrons. The van der Waals surface area contributed by atoms with Gasteiger partial charge in [-0.25, -0.2) is 6.57 Å². The number of carbonyl (C=O) groups is 3. The van der Waals surface area contributed by atoms with Crippen LogP contribution in [0.1, 0.15) is 18.1 Å². The Bertz CT molecular complexity index is 1020. The molecule has 2 unspecified atom stereocenters. The van der Waals surface area contributed by atoms with Crippen LogP contribution >= 0.6 is 0 Å². The highest BCUT2D eigenvalue weighted by molar-refractivity contribution is 6.07. The van der Waals surface area contributed by atoms with Gasteiger partial charge >= 0.3 is 17.9 Å². The molecular formula is C22H19N3O4. The van der Waals surface area contributed by atoms with Gasteiger partial charge in [0.2, 0.25) is 5.91 Å². The number of esters is 1. The molecule has 2 saturated heterocycles. The Labute approximate surface area is 167 Å². The van der Waals surface area contributed by atoms with Crippen molar-refractivity contribution in [1.29, 1.82) is 0 Å². The van der Waals surface area contributed by atoms with Crippen LogP contribution in [0.3, 0.4) is 0 Å². The van der Waals surface area contributed by atoms with Crippen LogP contribution in [0.5, 0.6) is 0 Å². The zero-order valence-electron chi connectivity index (χ0n) is 15.7. The van der Waals surface area contributed by atoms with E-state index in [4.69, 9.17) is 11.3 Å². The van der Waals surface area contributed by atoms with E-state index in [0.29, 0.717) is 11.1 Å². The first-order valence-corrected chi connectivity index (χ1v) is 9.31. The van der Waals surface area contributed by atoms with Crippen molar-refractivity contribution in [2.75, 3.05) is 6.61 Å². The van der Waals surface area contributed by atoms with Crippen LogP contribution < -0.4 is 10.6 Å². The summed E-state index contributed by atoms with van der Waals surface area (Å²) < 4.78 is 5.22. The van der Waals surface area contributed by atoms with Gasteiger partial charge in [-0.3, -0.25) is 14.4 Å². The molecule has 2 amide bonds. The average Bonchev–Trinajstić information content (AvgIpc) is 3.13. The van der Waals surface area contributed by atoms with Crippen LogP contribution in [0, 0.1) is 12.5 Å². The standard InChI is InChI=1S/C22H19N3O4/c1-3-29-20(28)16-18(26)24-22(15-12-8-5-9-13-15)21(16,14-10-6-4-7-11-14)17(23-2)19(27)25-22/h4-13,16-17H,3H2,1H3,(H,24,26)(H,25,27)/t16?,17?,21-,22+/m0/s1. The Kier molecular flexibility index (Phi) is 4.35. The average molecular weight is 389 g/mol. The second-order valence-electron chi connectivity index (χ2n) is 7.05. The molecule has 2 N–H and O–H groups in total. The highest BCUT2D eigenvalue weighted by Gasteiger charge is 2.81. The lowest BCUT2D eigenvalue weighted by molar-refractivity contribution is -0.153. The largest absolute Gasteiger partial charge is 0.465 e. The molecule has 2 aromatic rings. The van der Waals surface area contributed by atoms with Crippen molar-refractivity contribution in [2.45, 2.75) is 24.0 Å². The van der Waals surface area contributed by atoms with E-state index in [1.165, 1.54) is 0 Å². The fraction of sp³-hybridized carbons (Fsp3) is 0.273. The first kappa shape index (κ1) is 18.7. The van der Waals surface area contributed by atoms with Crippen LogP contribution in [0.4, 0.5) is 0 Å². The summed E-state index contributed by atoms with van der Waals surface area (Å²) in [5.74, 6) is -3.23. The zero-order chi connectivity index (χ0) is 20.6. The van der Waals surface area contributed by atoms with Gasteiger partial charge in [0.05, 0.1) is 6.61 Å². The minimum Gasteiger partial charge on any atom is -0.465 e. The third kappa shape index (κ3) is 2.32. The molecule has 7 heteroatoms. The first-order valence-electron chi connectivity index (χ1n) is 9.31. The van der Waals surface area contributed by atoms with Gasteiger partial charge in [0.15, 0.2) is 11.6 Å². The molecule has 2 fully saturated rings. The maximum absolute atomic E-state index is 13.2. The van der Waals surface area contributed by atoms with Crippen molar-refractivity contribution in [3.8, 4) is 0 Å². The third-order valence-corrected chi connectivity index (χ3v) is 5.75. The van der Waals surface area contributed by atoms with Gasteiger partial charge < -0.3 is 20.2 Å². The Balaban J connectivity index is 2.10. The highest BCUT2D eigenvalue weighted by Crippen LogP contribution is 2.57. The molecule has 0 spiro atoms. The van der Waals surface area contributed by atoms with Gasteiger partial charge in [0, 0.05) is 0 Å². The van der Waals surface area contributed by atoms with Gasteiger partial charge in [-0.15, -0.1) is 0 Å². The molecule has 2 aromatic carbocycles. The summed E-state index contributed by atoms with van der Waals surface area (Å²) in [4.78, 5) is 42.7. The van der Waals surface area contributed by atoms with E-state index >= 15 is 0 Å². The minimum atomic E-state index is -1.50. The Morgan fingerprint density at radius 1 is 1.00 bits per heavy atom. The summed E-state index contributed by atoms with van der Waals surface area (Å²) >= 11 is 0. The number of fused-ring (bicyclic) bond motifs is 1. The van der Waals surface area contributed by atoms with Gasteiger partial charge in [0.25, 0.3) is 0 Å². The number of benzene rings is 2. The van der Waals surface area contributed by atoms with E-state index in [1.54, 1.807) is 61.5 Å². The molecule has 0 aromatic heterocycles. The van der Waals surface area contributed by atoms with Gasteiger partial charge in [0.1, 0.15) is 5.41 Å². The lowest BCUT2D eigenvalue weighted by atomic mass is 9.61. The number of amides is 2. The fourth-order valence-corrected chi connectivity index (χ4v) is 4.75. The lowest BCUT2D eigenvalue weighted by Crippen LogP contribution is -2.59. The number of rotatable bonds is 4. The maximum atomic E-state index is 13.2. The van der Waals surface area contributed by atoms with Crippen LogP contribution in [0.25, 0.3) is 4.85 Å². The lowest BCUT2D eigenvalue weighted by Gasteiger charge is -2.39. The van der Waals surface area contributed by atoms with Crippen LogP contribution in [0.2, 0.25) is 0 Å². The summed E-state index contributed by atoms with van der Waals surface area (Å²) in [5, 5.41) is 5.70. The minimum absolute atomic E-state index is 0.0792. The van der Waals surface area contributed by atoms with E-state index in [0.717, 1.165) is 0 Å². The van der Waals surface area contributed by atoms with Crippen LogP contribution in [-0.2, 0) is 30.2 Å². The zero-order valence-corrected chi connectivity index (χ0v) is 15.7. The monoisotopic (exact) mass is 389 g/mol. The first-order chi connectivity index (χ1) is 14.0. The van der Waals surface area contributed by atoms with Crippen LogP contribution in [-0.4, -0.2) is 30.4 Å². The van der Waals surface area contributed by atoms with Crippen molar-refractivity contribution < 1.29 is 19.1 Å². The highest BCUT2D eigenvalue weighted by atomic mass is 16.5. The molecule has 2 aliphatic heterocycles. The molecule has 4 atom stereocenters.